The molecule has 4 rings (SSSR count). The molecule has 8 heteroatoms. The summed E-state index contributed by atoms with van der Waals surface area (Å²) < 4.78 is 5.77. The summed E-state index contributed by atoms with van der Waals surface area (Å²) in [6.07, 6.45) is 9.83. The SMILES string of the molecule is CN=C(NCc1ccnc(OCC2CC2)c1)NC1CCN(C(=O)C2CCCC2)C1.I. The highest BCUT2D eigenvalue weighted by molar-refractivity contribution is 14.0. The van der Waals surface area contributed by atoms with Gasteiger partial charge in [0.2, 0.25) is 11.8 Å². The second-order valence-corrected chi connectivity index (χ2v) is 8.58. The lowest BCUT2D eigenvalue weighted by Crippen LogP contribution is -2.45. The molecule has 2 N–H and O–H groups in total. The Kier molecular flexibility index (Phi) is 8.59. The lowest BCUT2D eigenvalue weighted by molar-refractivity contribution is -0.134. The van der Waals surface area contributed by atoms with Crippen molar-refractivity contribution in [1.82, 2.24) is 20.5 Å². The first-order chi connectivity index (χ1) is 14.2. The van der Waals surface area contributed by atoms with E-state index in [9.17, 15) is 4.79 Å². The molecule has 1 aromatic rings. The molecule has 1 aliphatic heterocycles. The van der Waals surface area contributed by atoms with Gasteiger partial charge in [-0.1, -0.05) is 12.8 Å². The molecular formula is C22H34IN5O2. The van der Waals surface area contributed by atoms with Crippen molar-refractivity contribution < 1.29 is 9.53 Å². The topological polar surface area (TPSA) is 78.9 Å². The molecule has 1 aromatic heterocycles. The van der Waals surface area contributed by atoms with Gasteiger partial charge in [-0.05, 0) is 49.7 Å². The van der Waals surface area contributed by atoms with Crippen LogP contribution in [0.5, 0.6) is 5.88 Å². The number of halogens is 1. The van der Waals surface area contributed by atoms with Gasteiger partial charge >= 0.3 is 0 Å². The number of ether oxygens (including phenoxy) is 1. The van der Waals surface area contributed by atoms with Crippen molar-refractivity contribution in [2.75, 3.05) is 26.7 Å². The Hall–Kier alpha value is -1.58. The van der Waals surface area contributed by atoms with Crippen LogP contribution in [-0.4, -0.2) is 54.5 Å². The van der Waals surface area contributed by atoms with Crippen LogP contribution in [0.25, 0.3) is 0 Å². The zero-order valence-corrected chi connectivity index (χ0v) is 20.1. The summed E-state index contributed by atoms with van der Waals surface area (Å²) in [5, 5.41) is 6.84. The molecule has 0 spiro atoms. The molecule has 0 bridgehead atoms. The van der Waals surface area contributed by atoms with Crippen LogP contribution in [0.15, 0.2) is 23.3 Å². The van der Waals surface area contributed by atoms with Crippen LogP contribution in [-0.2, 0) is 11.3 Å². The standard InChI is InChI=1S/C22H33N5O2.HI/c1-23-22(25-13-17-8-10-24-20(12-17)29-15-16-6-7-16)26-19-9-11-27(14-19)21(28)18-4-2-3-5-18;/h8,10,12,16,18-19H,2-7,9,11,13-15H2,1H3,(H2,23,25,26);1H. The van der Waals surface area contributed by atoms with Crippen molar-refractivity contribution >= 4 is 35.8 Å². The minimum absolute atomic E-state index is 0. The molecule has 166 valence electrons. The van der Waals surface area contributed by atoms with Gasteiger partial charge in [0.1, 0.15) is 0 Å². The molecule has 3 aliphatic rings. The van der Waals surface area contributed by atoms with E-state index in [1.165, 1.54) is 25.7 Å². The maximum Gasteiger partial charge on any atom is 0.225 e. The van der Waals surface area contributed by atoms with Crippen molar-refractivity contribution in [2.45, 2.75) is 57.5 Å². The number of nitrogens with one attached hydrogen (secondary N) is 2. The van der Waals surface area contributed by atoms with Crippen LogP contribution < -0.4 is 15.4 Å². The number of rotatable bonds is 7. The summed E-state index contributed by atoms with van der Waals surface area (Å²) >= 11 is 0. The minimum Gasteiger partial charge on any atom is -0.477 e. The predicted molar refractivity (Wildman–Crippen MR) is 128 cm³/mol. The molecule has 1 saturated heterocycles. The first-order valence-electron chi connectivity index (χ1n) is 11.0. The predicted octanol–water partition coefficient (Wildman–Crippen LogP) is 2.94. The van der Waals surface area contributed by atoms with Gasteiger partial charge < -0.3 is 20.3 Å². The second kappa shape index (κ2) is 11.2. The summed E-state index contributed by atoms with van der Waals surface area (Å²) in [5.74, 6) is 2.78. The number of amides is 1. The summed E-state index contributed by atoms with van der Waals surface area (Å²) in [4.78, 5) is 23.3. The van der Waals surface area contributed by atoms with Gasteiger partial charge in [-0.3, -0.25) is 9.79 Å². The highest BCUT2D eigenvalue weighted by Crippen LogP contribution is 2.29. The molecule has 2 heterocycles. The third-order valence-corrected chi connectivity index (χ3v) is 6.19. The zero-order valence-electron chi connectivity index (χ0n) is 17.8. The summed E-state index contributed by atoms with van der Waals surface area (Å²) in [6, 6.07) is 4.23. The molecular weight excluding hydrogens is 493 g/mol. The first kappa shape index (κ1) is 23.1. The summed E-state index contributed by atoms with van der Waals surface area (Å²) in [6.45, 7) is 3.03. The lowest BCUT2D eigenvalue weighted by atomic mass is 10.1. The van der Waals surface area contributed by atoms with Crippen LogP contribution in [0.1, 0.15) is 50.5 Å². The molecule has 0 aromatic carbocycles. The maximum absolute atomic E-state index is 12.6. The molecule has 2 saturated carbocycles. The normalized spacial score (nSPS) is 22.0. The van der Waals surface area contributed by atoms with Gasteiger partial charge in [0.15, 0.2) is 5.96 Å². The molecule has 1 unspecified atom stereocenters. The minimum atomic E-state index is 0. The fourth-order valence-electron chi connectivity index (χ4n) is 4.21. The van der Waals surface area contributed by atoms with Crippen LogP contribution in [0.3, 0.4) is 0 Å². The average Bonchev–Trinajstić information content (AvgIpc) is 3.20. The first-order valence-corrected chi connectivity index (χ1v) is 11.0. The molecule has 1 amide bonds. The molecule has 30 heavy (non-hydrogen) atoms. The smallest absolute Gasteiger partial charge is 0.225 e. The fourth-order valence-corrected chi connectivity index (χ4v) is 4.21. The van der Waals surface area contributed by atoms with Crippen LogP contribution >= 0.6 is 24.0 Å². The van der Waals surface area contributed by atoms with Gasteiger partial charge in [-0.25, -0.2) is 4.98 Å². The van der Waals surface area contributed by atoms with E-state index in [1.54, 1.807) is 13.2 Å². The second-order valence-electron chi connectivity index (χ2n) is 8.58. The van der Waals surface area contributed by atoms with Crippen LogP contribution in [0.2, 0.25) is 0 Å². The van der Waals surface area contributed by atoms with Crippen molar-refractivity contribution in [3.05, 3.63) is 23.9 Å². The number of carbonyl (C=O) groups excluding carboxylic acids is 1. The van der Waals surface area contributed by atoms with Crippen molar-refractivity contribution in [2.24, 2.45) is 16.8 Å². The van der Waals surface area contributed by atoms with Gasteiger partial charge in [0.25, 0.3) is 0 Å². The van der Waals surface area contributed by atoms with Gasteiger partial charge in [-0.15, -0.1) is 24.0 Å². The third kappa shape index (κ3) is 6.46. The number of hydrogen-bond acceptors (Lipinski definition) is 4. The number of likely N-dealkylation sites (tertiary alicyclic amines) is 1. The van der Waals surface area contributed by atoms with Crippen molar-refractivity contribution in [3.8, 4) is 5.88 Å². The summed E-state index contributed by atoms with van der Waals surface area (Å²) in [7, 11) is 1.78. The van der Waals surface area contributed by atoms with E-state index in [0.717, 1.165) is 50.5 Å². The quantitative estimate of drug-likeness (QED) is 0.324. The average molecular weight is 527 g/mol. The van der Waals surface area contributed by atoms with E-state index < -0.39 is 0 Å². The largest absolute Gasteiger partial charge is 0.477 e. The van der Waals surface area contributed by atoms with Crippen LogP contribution in [0, 0.1) is 11.8 Å². The molecule has 3 fully saturated rings. The van der Waals surface area contributed by atoms with E-state index in [0.29, 0.717) is 24.2 Å². The Morgan fingerprint density at radius 3 is 2.80 bits per heavy atom. The Morgan fingerprint density at radius 1 is 1.27 bits per heavy atom. The van der Waals surface area contributed by atoms with Gasteiger partial charge in [0, 0.05) is 50.9 Å². The van der Waals surface area contributed by atoms with Gasteiger partial charge in [-0.2, -0.15) is 0 Å². The molecule has 7 nitrogen and oxygen atoms in total. The van der Waals surface area contributed by atoms with Crippen molar-refractivity contribution in [3.63, 3.8) is 0 Å². The Bertz CT molecular complexity index is 734. The Labute approximate surface area is 196 Å². The number of aromatic nitrogens is 1. The number of guanidine groups is 1. The van der Waals surface area contributed by atoms with Crippen LogP contribution in [0.4, 0.5) is 0 Å². The number of pyridine rings is 1. The maximum atomic E-state index is 12.6. The van der Waals surface area contributed by atoms with E-state index in [2.05, 4.69) is 20.6 Å². The molecule has 1 atom stereocenters. The molecule has 2 aliphatic carbocycles. The Balaban J connectivity index is 0.00000256. The zero-order chi connectivity index (χ0) is 20.1. The number of carbonyl (C=O) groups is 1. The number of nitrogens with zero attached hydrogens (tertiary/aromatic N) is 3. The van der Waals surface area contributed by atoms with E-state index in [1.807, 2.05) is 17.0 Å². The van der Waals surface area contributed by atoms with E-state index >= 15 is 0 Å². The number of aliphatic imine (C=N–C) groups is 1. The van der Waals surface area contributed by atoms with Gasteiger partial charge in [0.05, 0.1) is 6.61 Å². The highest BCUT2D eigenvalue weighted by Gasteiger charge is 2.32. The number of hydrogen-bond donors (Lipinski definition) is 2. The monoisotopic (exact) mass is 527 g/mol. The van der Waals surface area contributed by atoms with E-state index in [4.69, 9.17) is 4.74 Å². The van der Waals surface area contributed by atoms with E-state index in [-0.39, 0.29) is 35.9 Å². The summed E-state index contributed by atoms with van der Waals surface area (Å²) in [5.41, 5.74) is 1.11. The molecule has 0 radical (unpaired) electrons. The highest BCUT2D eigenvalue weighted by atomic mass is 127. The fraction of sp³-hybridized carbons (Fsp3) is 0.682. The Morgan fingerprint density at radius 2 is 2.07 bits per heavy atom. The third-order valence-electron chi connectivity index (χ3n) is 6.19. The lowest BCUT2D eigenvalue weighted by Gasteiger charge is -2.21. The van der Waals surface area contributed by atoms with Crippen molar-refractivity contribution in [1.29, 1.82) is 0 Å².